The molecule has 0 radical (unpaired) electrons. The van der Waals surface area contributed by atoms with Gasteiger partial charge in [-0.15, -0.1) is 0 Å². The molecule has 5 amide bonds. The van der Waals surface area contributed by atoms with E-state index < -0.39 is 46.4 Å². The molecular formula is C81H117N9O18. The maximum absolute atomic E-state index is 13.4. The molecule has 6 N–H and O–H groups in total. The van der Waals surface area contributed by atoms with Crippen molar-refractivity contribution in [2.24, 2.45) is 27.0 Å². The standard InChI is InChI=1S/C41H53N9O6.C24H44O6.C16H20O6/c1-6-49(7-2)20-10-18-42-38(53)30-22-31(39(54)43-19-11-21-50(8-3)9-4)24-34(23-30)45-40(55)28-12-15-32(16-13-28)47-48-37(27(5)51)41(56)44-33-17-14-29-25-36(52)46-35(29)26-33;1-6-9-14-20(7-2)19-30-22(26)15-11-10-12-17-28-21(25)16-13-18-29-23(27)24(4,5)8-3;1-4-16(2,3)15(20)22-10-9-21-14(19)12-8-6-5-7-11(12)13(17)18/h12-17,22-24,26,37H,6-11,18-21,25H2,1-5H3,(H,42,53)(H,43,54)(H,44,56)(H,45,55)(H,46,52);20H,6-19H2,1-5H3;5-8H,4,9-10H2,1-3H3,(H,17,18). The van der Waals surface area contributed by atoms with Gasteiger partial charge in [-0.2, -0.15) is 10.2 Å². The van der Waals surface area contributed by atoms with Crippen LogP contribution in [0.5, 0.6) is 0 Å². The highest BCUT2D eigenvalue weighted by Gasteiger charge is 2.29. The average Bonchev–Trinajstić information content (AvgIpc) is 1.64. The maximum atomic E-state index is 13.4. The summed E-state index contributed by atoms with van der Waals surface area (Å²) in [6.07, 6.45) is 11.0. The lowest BCUT2D eigenvalue weighted by atomic mass is 9.91. The Labute approximate surface area is 636 Å². The number of fused-ring (bicyclic) bond motifs is 1. The zero-order valence-electron chi connectivity index (χ0n) is 65.7. The monoisotopic (exact) mass is 1500 g/mol. The van der Waals surface area contributed by atoms with Crippen LogP contribution in [-0.4, -0.2) is 177 Å². The van der Waals surface area contributed by atoms with Gasteiger partial charge in [-0.05, 0) is 210 Å². The van der Waals surface area contributed by atoms with Crippen LogP contribution in [0.15, 0.2) is 95.2 Å². The molecule has 108 heavy (non-hydrogen) atoms. The number of esters is 5. The molecule has 2 unspecified atom stereocenters. The van der Waals surface area contributed by atoms with Gasteiger partial charge < -0.3 is 65.2 Å². The minimum atomic E-state index is -1.43. The summed E-state index contributed by atoms with van der Waals surface area (Å²) in [4.78, 5) is 151. The van der Waals surface area contributed by atoms with Crippen molar-refractivity contribution in [3.05, 3.63) is 118 Å². The number of carboxylic acid groups (broad SMARTS) is 1. The number of hydrogen-bond acceptors (Lipinski definition) is 21. The third-order valence-electron chi connectivity index (χ3n) is 18.3. The summed E-state index contributed by atoms with van der Waals surface area (Å²) in [5.74, 6) is -5.08. The van der Waals surface area contributed by atoms with E-state index in [1.165, 1.54) is 80.4 Å². The zero-order chi connectivity index (χ0) is 80.2. The summed E-state index contributed by atoms with van der Waals surface area (Å²) in [6, 6.07) is 19.9. The fraction of sp³-hybridized carbons (Fsp3) is 0.556. The molecule has 0 spiro atoms. The van der Waals surface area contributed by atoms with Crippen molar-refractivity contribution in [2.75, 3.05) is 101 Å². The molecular weight excluding hydrogens is 1390 g/mol. The summed E-state index contributed by atoms with van der Waals surface area (Å²) >= 11 is 0. The number of ketones is 1. The molecule has 0 aromatic heterocycles. The Hall–Kier alpha value is -9.76. The van der Waals surface area contributed by atoms with Crippen molar-refractivity contribution in [2.45, 2.75) is 192 Å². The molecule has 5 rings (SSSR count). The summed E-state index contributed by atoms with van der Waals surface area (Å²) in [7, 11) is 0. The van der Waals surface area contributed by atoms with E-state index in [1.807, 2.05) is 27.7 Å². The molecule has 0 saturated heterocycles. The number of carbonyl (C=O) groups excluding carboxylic acids is 11. The summed E-state index contributed by atoms with van der Waals surface area (Å²) in [5.41, 5.74) is 1.85. The molecule has 594 valence electrons. The van der Waals surface area contributed by atoms with Gasteiger partial charge in [0.15, 0.2) is 5.78 Å². The third kappa shape index (κ3) is 34.4. The van der Waals surface area contributed by atoms with Crippen molar-refractivity contribution in [3.8, 4) is 0 Å². The van der Waals surface area contributed by atoms with Gasteiger partial charge >= 0.3 is 35.8 Å². The van der Waals surface area contributed by atoms with Crippen LogP contribution in [0.3, 0.4) is 0 Å². The largest absolute Gasteiger partial charge is 0.478 e. The van der Waals surface area contributed by atoms with Gasteiger partial charge in [0.25, 0.3) is 23.6 Å². The first-order valence-electron chi connectivity index (χ1n) is 37.9. The lowest BCUT2D eigenvalue weighted by Crippen LogP contribution is -2.31. The van der Waals surface area contributed by atoms with E-state index in [-0.39, 0.29) is 108 Å². The molecule has 0 aliphatic carbocycles. The van der Waals surface area contributed by atoms with Gasteiger partial charge in [-0.3, -0.25) is 47.9 Å². The van der Waals surface area contributed by atoms with E-state index in [9.17, 15) is 57.5 Å². The van der Waals surface area contributed by atoms with Gasteiger partial charge in [-0.25, -0.2) is 9.59 Å². The second kappa shape index (κ2) is 50.0. The molecule has 1 heterocycles. The zero-order valence-corrected chi connectivity index (χ0v) is 65.7. The van der Waals surface area contributed by atoms with Crippen LogP contribution in [0, 0.1) is 16.7 Å². The minimum Gasteiger partial charge on any atom is -0.478 e. The van der Waals surface area contributed by atoms with Crippen molar-refractivity contribution in [1.29, 1.82) is 0 Å². The Morgan fingerprint density at radius 3 is 1.65 bits per heavy atom. The number of Topliss-reactive ketones (excluding diaryl/α,β-unsaturated/α-hetero) is 1. The number of nitrogens with one attached hydrogen (secondary N) is 5. The highest BCUT2D eigenvalue weighted by molar-refractivity contribution is 6.11. The second-order valence-corrected chi connectivity index (χ2v) is 27.4. The van der Waals surface area contributed by atoms with Crippen molar-refractivity contribution < 1.29 is 86.3 Å². The quantitative estimate of drug-likeness (QED) is 0.00787. The topological polar surface area (TPSA) is 363 Å². The smallest absolute Gasteiger partial charge is 0.339 e. The van der Waals surface area contributed by atoms with E-state index >= 15 is 0 Å². The first-order chi connectivity index (χ1) is 51.5. The number of carbonyl (C=O) groups is 12. The first kappa shape index (κ1) is 92.4. The highest BCUT2D eigenvalue weighted by Crippen LogP contribution is 2.28. The fourth-order valence-corrected chi connectivity index (χ4v) is 10.3. The number of anilines is 3. The molecule has 2 atom stereocenters. The number of ether oxygens (including phenoxy) is 5. The van der Waals surface area contributed by atoms with Gasteiger partial charge in [0.05, 0.1) is 53.9 Å². The van der Waals surface area contributed by atoms with E-state index in [2.05, 4.69) is 88.2 Å². The van der Waals surface area contributed by atoms with E-state index in [1.54, 1.807) is 38.1 Å². The Kier molecular flexibility index (Phi) is 42.8. The highest BCUT2D eigenvalue weighted by atomic mass is 16.6. The average molecular weight is 1500 g/mol. The maximum Gasteiger partial charge on any atom is 0.339 e. The van der Waals surface area contributed by atoms with E-state index in [0.717, 1.165) is 89.8 Å². The molecule has 1 aliphatic heterocycles. The number of rotatable bonds is 46. The van der Waals surface area contributed by atoms with Gasteiger partial charge in [0.1, 0.15) is 13.2 Å². The minimum absolute atomic E-state index is 0.0322. The van der Waals surface area contributed by atoms with Gasteiger partial charge in [0, 0.05) is 59.7 Å². The Bertz CT molecular complexity index is 3560. The van der Waals surface area contributed by atoms with Crippen LogP contribution < -0.4 is 26.6 Å². The SMILES string of the molecule is CCC(C)(C)C(=O)OCCOC(=O)c1ccccc1C(=O)O.CCCCC(CC)COC(=O)CCCCCOC(=O)CCCOC(=O)C(C)(C)CC.CCN(CC)CCCNC(=O)c1cc(NC(=O)c2ccc(N=NC(C(C)=O)C(=O)Nc3ccc4c(c3)NC(=O)C4)cc2)cc(C(=O)NCCCN(CC)CC)c1. The third-order valence-corrected chi connectivity index (χ3v) is 18.3. The number of azo groups is 1. The molecule has 0 saturated carbocycles. The number of carboxylic acids is 1. The van der Waals surface area contributed by atoms with Crippen LogP contribution in [0.1, 0.15) is 237 Å². The second-order valence-electron chi connectivity index (χ2n) is 27.4. The van der Waals surface area contributed by atoms with Gasteiger partial charge in [-0.1, -0.05) is 92.9 Å². The molecule has 27 heteroatoms. The number of hydrogen-bond donors (Lipinski definition) is 6. The molecule has 0 fully saturated rings. The van der Waals surface area contributed by atoms with Crippen molar-refractivity contribution in [3.63, 3.8) is 0 Å². The number of amides is 5. The Morgan fingerprint density at radius 1 is 0.556 bits per heavy atom. The lowest BCUT2D eigenvalue weighted by Gasteiger charge is -2.20. The number of benzene rings is 4. The number of unbranched alkanes of at least 4 members (excludes halogenated alkanes) is 3. The molecule has 4 aromatic carbocycles. The van der Waals surface area contributed by atoms with E-state index in [0.29, 0.717) is 75.0 Å². The van der Waals surface area contributed by atoms with Crippen molar-refractivity contribution in [1.82, 2.24) is 20.4 Å². The normalized spacial score (nSPS) is 12.2. The molecule has 4 aromatic rings. The number of aromatic carboxylic acids is 1. The predicted octanol–water partition coefficient (Wildman–Crippen LogP) is 13.2. The van der Waals surface area contributed by atoms with E-state index in [4.69, 9.17) is 28.8 Å². The van der Waals surface area contributed by atoms with Gasteiger partial charge in [0.2, 0.25) is 11.9 Å². The molecule has 1 aliphatic rings. The number of nitrogens with zero attached hydrogens (tertiary/aromatic N) is 4. The summed E-state index contributed by atoms with van der Waals surface area (Å²) in [5, 5.41) is 31.0. The summed E-state index contributed by atoms with van der Waals surface area (Å²) in [6.45, 7) is 32.2. The van der Waals surface area contributed by atoms with Crippen LogP contribution in [-0.2, 0) is 63.7 Å². The summed E-state index contributed by atoms with van der Waals surface area (Å²) < 4.78 is 25.7. The molecule has 0 bridgehead atoms. The van der Waals surface area contributed by atoms with Crippen LogP contribution in [0.4, 0.5) is 22.7 Å². The Balaban J connectivity index is 0.000000485. The van der Waals surface area contributed by atoms with Crippen LogP contribution >= 0.6 is 0 Å². The Morgan fingerprint density at radius 2 is 1.10 bits per heavy atom. The molecule has 27 nitrogen and oxygen atoms in total. The predicted molar refractivity (Wildman–Crippen MR) is 413 cm³/mol. The van der Waals surface area contributed by atoms with Crippen molar-refractivity contribution >= 4 is 93.9 Å². The fourth-order valence-electron chi connectivity index (χ4n) is 10.3. The first-order valence-corrected chi connectivity index (χ1v) is 37.9. The van der Waals surface area contributed by atoms with Crippen LogP contribution in [0.2, 0.25) is 0 Å². The van der Waals surface area contributed by atoms with Crippen LogP contribution in [0.25, 0.3) is 0 Å². The lowest BCUT2D eigenvalue weighted by molar-refractivity contribution is -0.155.